The number of aromatic nitrogens is 1. The van der Waals surface area contributed by atoms with E-state index in [2.05, 4.69) is 11.1 Å². The molecule has 0 aliphatic carbocycles. The number of nitrogens with two attached hydrogens (primary N) is 1. The second-order valence-corrected chi connectivity index (χ2v) is 4.08. The Hall–Kier alpha value is -2.26. The fraction of sp³-hybridized carbons (Fsp3) is 0.385. The van der Waals surface area contributed by atoms with Gasteiger partial charge in [-0.15, -0.1) is 0 Å². The summed E-state index contributed by atoms with van der Waals surface area (Å²) in [6.07, 6.45) is 0.401. The van der Waals surface area contributed by atoms with E-state index in [4.69, 9.17) is 20.1 Å². The summed E-state index contributed by atoms with van der Waals surface area (Å²) in [6, 6.07) is 8.01. The molecular weight excluding hydrogens is 244 g/mol. The summed E-state index contributed by atoms with van der Waals surface area (Å²) >= 11 is 0. The first-order valence-electron chi connectivity index (χ1n) is 6.02. The Morgan fingerprint density at radius 3 is 3.00 bits per heavy atom. The van der Waals surface area contributed by atoms with Gasteiger partial charge in [0.05, 0.1) is 24.8 Å². The second-order valence-electron chi connectivity index (χ2n) is 4.08. The molecule has 0 saturated carbocycles. The average Bonchev–Trinajstić information content (AvgIpc) is 2.84. The number of para-hydroxylation sites is 1. The fourth-order valence-electron chi connectivity index (χ4n) is 1.78. The molecule has 0 atom stereocenters. The number of nitrogen functional groups attached to an aromatic ring is 1. The van der Waals surface area contributed by atoms with E-state index < -0.39 is 0 Å². The third kappa shape index (κ3) is 2.95. The van der Waals surface area contributed by atoms with Crippen molar-refractivity contribution in [3.05, 3.63) is 18.2 Å². The van der Waals surface area contributed by atoms with Crippen molar-refractivity contribution in [2.75, 3.05) is 37.4 Å². The molecule has 6 nitrogen and oxygen atoms in total. The molecule has 0 spiro atoms. The third-order valence-corrected chi connectivity index (χ3v) is 2.77. The molecule has 1 aromatic heterocycles. The van der Waals surface area contributed by atoms with Crippen LogP contribution in [-0.2, 0) is 4.74 Å². The normalized spacial score (nSPS) is 10.5. The standard InChI is InChI=1S/C13H16N4O2/c1-18-9-8-17(7-3-6-14)13-16-12-10(15)4-2-5-11(12)19-13/h2,4-5H,3,7-9,15H2,1H3. The molecule has 0 unspecified atom stereocenters. The Morgan fingerprint density at radius 2 is 2.32 bits per heavy atom. The summed E-state index contributed by atoms with van der Waals surface area (Å²) in [6.45, 7) is 1.71. The lowest BCUT2D eigenvalue weighted by Gasteiger charge is -2.18. The molecule has 0 saturated heterocycles. The Bertz CT molecular complexity index is 588. The zero-order valence-corrected chi connectivity index (χ0v) is 10.8. The first-order valence-corrected chi connectivity index (χ1v) is 6.02. The van der Waals surface area contributed by atoms with Crippen LogP contribution < -0.4 is 10.6 Å². The predicted molar refractivity (Wildman–Crippen MR) is 72.7 cm³/mol. The second kappa shape index (κ2) is 6.07. The summed E-state index contributed by atoms with van der Waals surface area (Å²) in [7, 11) is 1.63. The number of benzene rings is 1. The summed E-state index contributed by atoms with van der Waals surface area (Å²) in [5, 5.41) is 8.69. The van der Waals surface area contributed by atoms with Crippen LogP contribution in [0.4, 0.5) is 11.7 Å². The van der Waals surface area contributed by atoms with Crippen LogP contribution in [0.2, 0.25) is 0 Å². The molecule has 1 aromatic carbocycles. The molecule has 0 radical (unpaired) electrons. The zero-order chi connectivity index (χ0) is 13.7. The predicted octanol–water partition coefficient (Wildman–Crippen LogP) is 1.78. The van der Waals surface area contributed by atoms with Crippen molar-refractivity contribution in [2.45, 2.75) is 6.42 Å². The van der Waals surface area contributed by atoms with Crippen molar-refractivity contribution in [1.82, 2.24) is 4.98 Å². The van der Waals surface area contributed by atoms with E-state index in [0.29, 0.717) is 48.9 Å². The number of hydrogen-bond donors (Lipinski definition) is 1. The van der Waals surface area contributed by atoms with E-state index in [1.54, 1.807) is 13.2 Å². The van der Waals surface area contributed by atoms with Crippen LogP contribution >= 0.6 is 0 Å². The number of fused-ring (bicyclic) bond motifs is 1. The highest BCUT2D eigenvalue weighted by molar-refractivity contribution is 5.86. The average molecular weight is 260 g/mol. The van der Waals surface area contributed by atoms with Gasteiger partial charge in [-0.2, -0.15) is 10.2 Å². The largest absolute Gasteiger partial charge is 0.423 e. The number of nitrogens with zero attached hydrogens (tertiary/aromatic N) is 3. The molecular formula is C13H16N4O2. The van der Waals surface area contributed by atoms with Crippen LogP contribution in [0.5, 0.6) is 0 Å². The minimum atomic E-state index is 0.401. The van der Waals surface area contributed by atoms with E-state index in [0.717, 1.165) is 0 Å². The van der Waals surface area contributed by atoms with Gasteiger partial charge in [-0.3, -0.25) is 0 Å². The van der Waals surface area contributed by atoms with E-state index in [1.165, 1.54) is 0 Å². The molecule has 2 N–H and O–H groups in total. The number of hydrogen-bond acceptors (Lipinski definition) is 6. The Morgan fingerprint density at radius 1 is 1.47 bits per heavy atom. The number of oxazole rings is 1. The lowest BCUT2D eigenvalue weighted by Crippen LogP contribution is -2.28. The van der Waals surface area contributed by atoms with Gasteiger partial charge in [0.15, 0.2) is 5.58 Å². The Balaban J connectivity index is 2.27. The minimum Gasteiger partial charge on any atom is -0.423 e. The maximum Gasteiger partial charge on any atom is 0.298 e. The number of anilines is 2. The maximum atomic E-state index is 8.69. The lowest BCUT2D eigenvalue weighted by atomic mass is 10.3. The van der Waals surface area contributed by atoms with Crippen molar-refractivity contribution in [2.24, 2.45) is 0 Å². The highest BCUT2D eigenvalue weighted by Gasteiger charge is 2.14. The summed E-state index contributed by atoms with van der Waals surface area (Å²) in [4.78, 5) is 6.27. The van der Waals surface area contributed by atoms with Gasteiger partial charge in [-0.25, -0.2) is 0 Å². The van der Waals surface area contributed by atoms with Crippen molar-refractivity contribution in [1.29, 1.82) is 5.26 Å². The molecule has 6 heteroatoms. The highest BCUT2D eigenvalue weighted by Crippen LogP contribution is 2.25. The third-order valence-electron chi connectivity index (χ3n) is 2.77. The van der Waals surface area contributed by atoms with Gasteiger partial charge in [0.25, 0.3) is 6.01 Å². The van der Waals surface area contributed by atoms with Gasteiger partial charge in [0.2, 0.25) is 0 Å². The van der Waals surface area contributed by atoms with Crippen molar-refractivity contribution in [3.63, 3.8) is 0 Å². The van der Waals surface area contributed by atoms with E-state index >= 15 is 0 Å². The Labute approximate surface area is 111 Å². The fourth-order valence-corrected chi connectivity index (χ4v) is 1.78. The molecule has 0 fully saturated rings. The number of nitriles is 1. The van der Waals surface area contributed by atoms with Gasteiger partial charge >= 0.3 is 0 Å². The smallest absolute Gasteiger partial charge is 0.298 e. The van der Waals surface area contributed by atoms with E-state index in [9.17, 15) is 0 Å². The van der Waals surface area contributed by atoms with Crippen LogP contribution in [0.15, 0.2) is 22.6 Å². The van der Waals surface area contributed by atoms with Gasteiger partial charge in [0.1, 0.15) is 5.52 Å². The summed E-state index contributed by atoms with van der Waals surface area (Å²) < 4.78 is 10.7. The SMILES string of the molecule is COCCN(CCC#N)c1nc2c(N)cccc2o1. The number of ether oxygens (including phenoxy) is 1. The summed E-state index contributed by atoms with van der Waals surface area (Å²) in [5.41, 5.74) is 7.73. The van der Waals surface area contributed by atoms with Gasteiger partial charge in [-0.05, 0) is 12.1 Å². The van der Waals surface area contributed by atoms with Crippen LogP contribution in [0.3, 0.4) is 0 Å². The van der Waals surface area contributed by atoms with Crippen LogP contribution in [-0.4, -0.2) is 31.8 Å². The van der Waals surface area contributed by atoms with Gasteiger partial charge in [-0.1, -0.05) is 6.07 Å². The first kappa shape index (κ1) is 13.2. The molecule has 0 aliphatic heterocycles. The van der Waals surface area contributed by atoms with Crippen LogP contribution in [0.1, 0.15) is 6.42 Å². The number of methoxy groups -OCH3 is 1. The van der Waals surface area contributed by atoms with E-state index in [-0.39, 0.29) is 0 Å². The van der Waals surface area contributed by atoms with Crippen LogP contribution in [0, 0.1) is 11.3 Å². The molecule has 0 bridgehead atoms. The van der Waals surface area contributed by atoms with Crippen molar-refractivity contribution in [3.8, 4) is 6.07 Å². The highest BCUT2D eigenvalue weighted by atomic mass is 16.5. The van der Waals surface area contributed by atoms with Crippen molar-refractivity contribution < 1.29 is 9.15 Å². The Kier molecular flexibility index (Phi) is 4.21. The van der Waals surface area contributed by atoms with Gasteiger partial charge in [0, 0.05) is 20.2 Å². The van der Waals surface area contributed by atoms with Crippen molar-refractivity contribution >= 4 is 22.8 Å². The monoisotopic (exact) mass is 260 g/mol. The van der Waals surface area contributed by atoms with E-state index in [1.807, 2.05) is 17.0 Å². The molecule has 0 aliphatic rings. The molecule has 0 amide bonds. The molecule has 2 rings (SSSR count). The van der Waals surface area contributed by atoms with Gasteiger partial charge < -0.3 is 19.8 Å². The molecule has 2 aromatic rings. The lowest BCUT2D eigenvalue weighted by molar-refractivity contribution is 0.204. The summed E-state index contributed by atoms with van der Waals surface area (Å²) in [5.74, 6) is 0. The number of rotatable bonds is 6. The molecule has 1 heterocycles. The first-order chi connectivity index (χ1) is 9.26. The maximum absolute atomic E-state index is 8.69. The molecule has 19 heavy (non-hydrogen) atoms. The van der Waals surface area contributed by atoms with Crippen LogP contribution in [0.25, 0.3) is 11.1 Å². The topological polar surface area (TPSA) is 88.3 Å². The minimum absolute atomic E-state index is 0.401. The molecule has 100 valence electrons. The quantitative estimate of drug-likeness (QED) is 0.796. The zero-order valence-electron chi connectivity index (χ0n) is 10.8.